The van der Waals surface area contributed by atoms with Gasteiger partial charge in [-0.05, 0) is 60.9 Å². The maximum Gasteiger partial charge on any atom is 0.387 e. The molecule has 1 aromatic carbocycles. The van der Waals surface area contributed by atoms with E-state index in [0.29, 0.717) is 30.2 Å². The molecule has 25 heavy (non-hydrogen) atoms. The number of halogens is 2. The van der Waals surface area contributed by atoms with E-state index >= 15 is 0 Å². The minimum absolute atomic E-state index is 0.101. The van der Waals surface area contributed by atoms with Crippen molar-refractivity contribution in [3.63, 3.8) is 0 Å². The first-order valence-electron chi connectivity index (χ1n) is 8.72. The molecule has 0 saturated heterocycles. The van der Waals surface area contributed by atoms with E-state index in [0.717, 1.165) is 24.0 Å². The molecule has 7 heteroatoms. The van der Waals surface area contributed by atoms with Crippen LogP contribution in [-0.4, -0.2) is 21.6 Å². The Morgan fingerprint density at radius 1 is 1.16 bits per heavy atom. The predicted octanol–water partition coefficient (Wildman–Crippen LogP) is 4.07. The van der Waals surface area contributed by atoms with Crippen LogP contribution in [0.15, 0.2) is 23.1 Å². The van der Waals surface area contributed by atoms with Crippen LogP contribution in [0, 0.1) is 5.92 Å². The number of nitrogens with one attached hydrogen (secondary N) is 1. The van der Waals surface area contributed by atoms with Crippen LogP contribution in [0.1, 0.15) is 49.7 Å². The second-order valence-corrected chi connectivity index (χ2v) is 8.53. The Balaban J connectivity index is 1.69. The Kier molecular flexibility index (Phi) is 5.74. The summed E-state index contributed by atoms with van der Waals surface area (Å²) in [6, 6.07) is 4.62. The van der Waals surface area contributed by atoms with Gasteiger partial charge in [-0.2, -0.15) is 8.78 Å². The van der Waals surface area contributed by atoms with Crippen LogP contribution in [0.5, 0.6) is 5.75 Å². The van der Waals surface area contributed by atoms with Gasteiger partial charge in [0.1, 0.15) is 5.75 Å². The largest absolute Gasteiger partial charge is 0.435 e. The van der Waals surface area contributed by atoms with Gasteiger partial charge >= 0.3 is 6.61 Å². The number of ether oxygens (including phenoxy) is 1. The summed E-state index contributed by atoms with van der Waals surface area (Å²) in [5.41, 5.74) is 1.57. The number of benzene rings is 1. The van der Waals surface area contributed by atoms with E-state index in [9.17, 15) is 17.2 Å². The van der Waals surface area contributed by atoms with Crippen molar-refractivity contribution in [3.8, 4) is 5.75 Å². The van der Waals surface area contributed by atoms with E-state index in [4.69, 9.17) is 0 Å². The number of hydrogen-bond donors (Lipinski definition) is 1. The zero-order chi connectivity index (χ0) is 17.9. The minimum atomic E-state index is -3.49. The van der Waals surface area contributed by atoms with Crippen molar-refractivity contribution in [2.24, 2.45) is 5.92 Å². The highest BCUT2D eigenvalue weighted by Crippen LogP contribution is 2.30. The number of sulfonamides is 1. The molecule has 0 bridgehead atoms. The van der Waals surface area contributed by atoms with Gasteiger partial charge in [-0.25, -0.2) is 13.1 Å². The Bertz CT molecular complexity index is 741. The summed E-state index contributed by atoms with van der Waals surface area (Å²) in [6.45, 7) is -2.37. The Morgan fingerprint density at radius 2 is 1.92 bits per heavy atom. The van der Waals surface area contributed by atoms with Gasteiger partial charge < -0.3 is 4.74 Å². The fraction of sp³-hybridized carbons (Fsp3) is 0.556. The summed E-state index contributed by atoms with van der Waals surface area (Å²) >= 11 is 0. The molecule has 1 saturated carbocycles. The summed E-state index contributed by atoms with van der Waals surface area (Å²) in [5.74, 6) is 0.526. The Hall–Kier alpha value is -1.47. The van der Waals surface area contributed by atoms with Gasteiger partial charge in [0.2, 0.25) is 10.0 Å². The summed E-state index contributed by atoms with van der Waals surface area (Å²) in [6.07, 6.45) is 8.24. The first-order chi connectivity index (χ1) is 11.9. The third-order valence-electron chi connectivity index (χ3n) is 4.93. The molecular formula is C18H23F2NO3S. The van der Waals surface area contributed by atoms with Crippen molar-refractivity contribution >= 4 is 16.1 Å². The summed E-state index contributed by atoms with van der Waals surface area (Å²) in [4.78, 5) is 0.360. The van der Waals surface area contributed by atoms with Gasteiger partial charge in [0, 0.05) is 6.54 Å². The molecule has 0 aromatic heterocycles. The van der Waals surface area contributed by atoms with Crippen LogP contribution in [0.4, 0.5) is 8.78 Å². The molecular weight excluding hydrogens is 348 g/mol. The number of rotatable bonds is 6. The van der Waals surface area contributed by atoms with Crippen LogP contribution in [0.3, 0.4) is 0 Å². The summed E-state index contributed by atoms with van der Waals surface area (Å²) in [7, 11) is -3.49. The van der Waals surface area contributed by atoms with Crippen molar-refractivity contribution in [2.45, 2.75) is 51.6 Å². The topological polar surface area (TPSA) is 55.4 Å². The maximum absolute atomic E-state index is 12.5. The van der Waals surface area contributed by atoms with Gasteiger partial charge in [-0.3, -0.25) is 0 Å². The van der Waals surface area contributed by atoms with Crippen LogP contribution in [-0.2, 0) is 16.4 Å². The first-order valence-corrected chi connectivity index (χ1v) is 10.2. The molecule has 3 rings (SSSR count). The second kappa shape index (κ2) is 7.83. The molecule has 0 radical (unpaired) electrons. The van der Waals surface area contributed by atoms with E-state index in [1.54, 1.807) is 18.2 Å². The molecule has 0 aliphatic heterocycles. The molecule has 138 valence electrons. The highest BCUT2D eigenvalue weighted by molar-refractivity contribution is 7.93. The Morgan fingerprint density at radius 3 is 2.64 bits per heavy atom. The highest BCUT2D eigenvalue weighted by Gasteiger charge is 2.24. The SMILES string of the molecule is O=S(=O)(NCC1CCCCC1)C1=Cc2ccc(OC(F)F)cc2CC1. The van der Waals surface area contributed by atoms with Crippen molar-refractivity contribution in [3.05, 3.63) is 34.2 Å². The van der Waals surface area contributed by atoms with Gasteiger partial charge in [0.05, 0.1) is 4.91 Å². The zero-order valence-corrected chi connectivity index (χ0v) is 14.8. The zero-order valence-electron chi connectivity index (χ0n) is 14.0. The molecule has 0 unspecified atom stereocenters. The second-order valence-electron chi connectivity index (χ2n) is 6.71. The molecule has 0 amide bonds. The summed E-state index contributed by atoms with van der Waals surface area (Å²) < 4.78 is 56.8. The van der Waals surface area contributed by atoms with Crippen molar-refractivity contribution in [1.29, 1.82) is 0 Å². The van der Waals surface area contributed by atoms with Gasteiger partial charge in [0.25, 0.3) is 0 Å². The number of fused-ring (bicyclic) bond motifs is 1. The molecule has 0 atom stereocenters. The Labute approximate surface area is 147 Å². The van der Waals surface area contributed by atoms with Crippen molar-refractivity contribution in [2.75, 3.05) is 6.54 Å². The van der Waals surface area contributed by atoms with E-state index in [-0.39, 0.29) is 5.75 Å². The highest BCUT2D eigenvalue weighted by atomic mass is 32.2. The number of hydrogen-bond acceptors (Lipinski definition) is 3. The minimum Gasteiger partial charge on any atom is -0.435 e. The molecule has 1 fully saturated rings. The predicted molar refractivity (Wildman–Crippen MR) is 92.9 cm³/mol. The average Bonchev–Trinajstić information content (AvgIpc) is 2.60. The molecule has 1 aromatic rings. The lowest BCUT2D eigenvalue weighted by Crippen LogP contribution is -2.31. The quantitative estimate of drug-likeness (QED) is 0.820. The lowest BCUT2D eigenvalue weighted by molar-refractivity contribution is -0.0498. The monoisotopic (exact) mass is 371 g/mol. The number of aryl methyl sites for hydroxylation is 1. The van der Waals surface area contributed by atoms with Crippen LogP contribution in [0.25, 0.3) is 6.08 Å². The fourth-order valence-electron chi connectivity index (χ4n) is 3.54. The normalized spacial score (nSPS) is 18.8. The van der Waals surface area contributed by atoms with Crippen LogP contribution in [0.2, 0.25) is 0 Å². The lowest BCUT2D eigenvalue weighted by atomic mass is 9.90. The maximum atomic E-state index is 12.5. The molecule has 0 spiro atoms. The summed E-state index contributed by atoms with van der Waals surface area (Å²) in [5, 5.41) is 0. The van der Waals surface area contributed by atoms with E-state index in [1.165, 1.54) is 25.3 Å². The smallest absolute Gasteiger partial charge is 0.387 e. The first kappa shape index (κ1) is 18.3. The molecule has 2 aliphatic carbocycles. The van der Waals surface area contributed by atoms with Crippen LogP contribution < -0.4 is 9.46 Å². The third kappa shape index (κ3) is 4.79. The van der Waals surface area contributed by atoms with Gasteiger partial charge in [0.15, 0.2) is 0 Å². The number of allylic oxidation sites excluding steroid dienone is 1. The standard InChI is InChI=1S/C18H23F2NO3S/c19-18(20)24-16-8-6-15-11-17(9-7-14(15)10-16)25(22,23)21-12-13-4-2-1-3-5-13/h6,8,10-11,13,18,21H,1-5,7,9,12H2. The number of alkyl halides is 2. The van der Waals surface area contributed by atoms with E-state index < -0.39 is 16.6 Å². The molecule has 1 N–H and O–H groups in total. The van der Waals surface area contributed by atoms with E-state index in [2.05, 4.69) is 9.46 Å². The third-order valence-corrected chi connectivity index (χ3v) is 6.49. The molecule has 0 heterocycles. The molecule has 4 nitrogen and oxygen atoms in total. The lowest BCUT2D eigenvalue weighted by Gasteiger charge is -2.23. The average molecular weight is 371 g/mol. The van der Waals surface area contributed by atoms with Gasteiger partial charge in [-0.15, -0.1) is 0 Å². The fourth-order valence-corrected chi connectivity index (χ4v) is 4.84. The van der Waals surface area contributed by atoms with Crippen molar-refractivity contribution < 1.29 is 21.9 Å². The molecule has 2 aliphatic rings. The van der Waals surface area contributed by atoms with Crippen molar-refractivity contribution in [1.82, 2.24) is 4.72 Å². The van der Waals surface area contributed by atoms with E-state index in [1.807, 2.05) is 0 Å². The van der Waals surface area contributed by atoms with Gasteiger partial charge in [-0.1, -0.05) is 25.3 Å². The van der Waals surface area contributed by atoms with Crippen LogP contribution >= 0.6 is 0 Å².